The van der Waals surface area contributed by atoms with Crippen LogP contribution in [-0.4, -0.2) is 14.1 Å². The van der Waals surface area contributed by atoms with E-state index in [1.165, 1.54) is 21.5 Å². The molecule has 4 nitrogen and oxygen atoms in total. The van der Waals surface area contributed by atoms with Crippen LogP contribution in [0.5, 0.6) is 0 Å². The third kappa shape index (κ3) is 3.19. The molecule has 0 aliphatic heterocycles. The lowest BCUT2D eigenvalue weighted by Crippen LogP contribution is -1.95. The van der Waals surface area contributed by atoms with E-state index >= 15 is 0 Å². The molecule has 0 radical (unpaired) electrons. The maximum Gasteiger partial charge on any atom is 0.215 e. The molecule has 41 heavy (non-hydrogen) atoms. The van der Waals surface area contributed by atoms with Crippen molar-refractivity contribution in [3.8, 4) is 22.6 Å². The Morgan fingerprint density at radius 3 is 1.90 bits per heavy atom. The first-order valence-electron chi connectivity index (χ1n) is 13.8. The smallest absolute Gasteiger partial charge is 0.215 e. The fraction of sp³-hybridized carbons (Fsp3) is 0. The SMILES string of the molecule is c1ccc(-n2c3ccccc3c3c4c5cc6ccccc6cc5n(-c5ccc(-c6ccccn6)cc5)c4oc32)cc1. The zero-order valence-corrected chi connectivity index (χ0v) is 22.0. The van der Waals surface area contributed by atoms with Crippen LogP contribution in [0.2, 0.25) is 0 Å². The molecule has 4 aromatic heterocycles. The Morgan fingerprint density at radius 1 is 0.488 bits per heavy atom. The highest BCUT2D eigenvalue weighted by Gasteiger charge is 2.25. The van der Waals surface area contributed by atoms with Gasteiger partial charge in [-0.25, -0.2) is 0 Å². The second-order valence-electron chi connectivity index (χ2n) is 10.5. The summed E-state index contributed by atoms with van der Waals surface area (Å²) in [6, 6.07) is 46.8. The van der Waals surface area contributed by atoms with Crippen LogP contribution in [0.25, 0.3) is 77.4 Å². The van der Waals surface area contributed by atoms with E-state index in [0.29, 0.717) is 0 Å². The number of rotatable bonds is 3. The van der Waals surface area contributed by atoms with E-state index in [1.807, 2.05) is 30.5 Å². The summed E-state index contributed by atoms with van der Waals surface area (Å²) in [4.78, 5) is 4.54. The quantitative estimate of drug-likeness (QED) is 0.230. The van der Waals surface area contributed by atoms with Crippen molar-refractivity contribution in [2.75, 3.05) is 0 Å². The van der Waals surface area contributed by atoms with Crippen LogP contribution < -0.4 is 0 Å². The Bertz CT molecular complexity index is 2390. The number of hydrogen-bond acceptors (Lipinski definition) is 2. The van der Waals surface area contributed by atoms with Crippen molar-refractivity contribution in [1.29, 1.82) is 0 Å². The highest BCUT2D eigenvalue weighted by Crippen LogP contribution is 2.45. The normalized spacial score (nSPS) is 11.9. The predicted octanol–water partition coefficient (Wildman–Crippen LogP) is 9.69. The van der Waals surface area contributed by atoms with E-state index in [0.717, 1.165) is 55.9 Å². The van der Waals surface area contributed by atoms with E-state index in [-0.39, 0.29) is 0 Å². The molecule has 0 N–H and O–H groups in total. The third-order valence-electron chi connectivity index (χ3n) is 8.17. The lowest BCUT2D eigenvalue weighted by molar-refractivity contribution is 0.624. The topological polar surface area (TPSA) is 35.9 Å². The van der Waals surface area contributed by atoms with E-state index in [2.05, 4.69) is 123 Å². The van der Waals surface area contributed by atoms with Gasteiger partial charge >= 0.3 is 0 Å². The number of hydrogen-bond donors (Lipinski definition) is 0. The summed E-state index contributed by atoms with van der Waals surface area (Å²) >= 11 is 0. The van der Waals surface area contributed by atoms with Crippen LogP contribution in [0.3, 0.4) is 0 Å². The molecule has 4 heterocycles. The van der Waals surface area contributed by atoms with Gasteiger partial charge in [0.1, 0.15) is 0 Å². The van der Waals surface area contributed by atoms with Crippen LogP contribution in [0.1, 0.15) is 0 Å². The highest BCUT2D eigenvalue weighted by molar-refractivity contribution is 6.28. The van der Waals surface area contributed by atoms with E-state index < -0.39 is 0 Å². The molecule has 0 fully saturated rings. The van der Waals surface area contributed by atoms with Gasteiger partial charge in [0, 0.05) is 33.9 Å². The summed E-state index contributed by atoms with van der Waals surface area (Å²) < 4.78 is 11.5. The molecule has 0 atom stereocenters. The molecular formula is C37H23N3O. The van der Waals surface area contributed by atoms with Crippen LogP contribution in [0.15, 0.2) is 144 Å². The zero-order valence-electron chi connectivity index (χ0n) is 22.0. The number of pyridine rings is 1. The molecule has 0 bridgehead atoms. The summed E-state index contributed by atoms with van der Waals surface area (Å²) in [5.41, 5.74) is 8.14. The van der Waals surface area contributed by atoms with E-state index in [9.17, 15) is 0 Å². The van der Waals surface area contributed by atoms with Gasteiger partial charge in [-0.3, -0.25) is 14.1 Å². The minimum absolute atomic E-state index is 0.848. The van der Waals surface area contributed by atoms with Crippen molar-refractivity contribution in [2.24, 2.45) is 0 Å². The number of para-hydroxylation sites is 2. The molecule has 192 valence electrons. The van der Waals surface area contributed by atoms with Crippen molar-refractivity contribution in [2.45, 2.75) is 0 Å². The van der Waals surface area contributed by atoms with Gasteiger partial charge in [0.05, 0.1) is 27.5 Å². The number of fused-ring (bicyclic) bond motifs is 8. The Balaban J connectivity index is 1.42. The van der Waals surface area contributed by atoms with Crippen molar-refractivity contribution in [1.82, 2.24) is 14.1 Å². The number of aromatic nitrogens is 3. The molecule has 0 aliphatic carbocycles. The maximum absolute atomic E-state index is 6.95. The maximum atomic E-state index is 6.95. The summed E-state index contributed by atoms with van der Waals surface area (Å²) in [5, 5.41) is 7.06. The summed E-state index contributed by atoms with van der Waals surface area (Å²) in [7, 11) is 0. The molecule has 4 heteroatoms. The van der Waals surface area contributed by atoms with Crippen molar-refractivity contribution < 1.29 is 4.42 Å². The minimum Gasteiger partial charge on any atom is -0.422 e. The van der Waals surface area contributed by atoms with E-state index in [4.69, 9.17) is 4.42 Å². The number of furan rings is 1. The Morgan fingerprint density at radius 2 is 1.12 bits per heavy atom. The number of benzene rings is 5. The van der Waals surface area contributed by atoms with Crippen molar-refractivity contribution in [3.05, 3.63) is 140 Å². The Hall–Kier alpha value is -5.61. The first-order valence-corrected chi connectivity index (χ1v) is 13.8. The van der Waals surface area contributed by atoms with Gasteiger partial charge in [0.2, 0.25) is 11.4 Å². The largest absolute Gasteiger partial charge is 0.422 e. The van der Waals surface area contributed by atoms with Gasteiger partial charge < -0.3 is 4.42 Å². The van der Waals surface area contributed by atoms with Gasteiger partial charge in [-0.2, -0.15) is 0 Å². The Kier molecular flexibility index (Phi) is 4.58. The molecular weight excluding hydrogens is 502 g/mol. The fourth-order valence-electron chi connectivity index (χ4n) is 6.34. The number of nitrogens with zero attached hydrogens (tertiary/aromatic N) is 3. The van der Waals surface area contributed by atoms with Gasteiger partial charge in [-0.05, 0) is 65.4 Å². The van der Waals surface area contributed by atoms with Gasteiger partial charge in [-0.15, -0.1) is 0 Å². The zero-order chi connectivity index (χ0) is 26.9. The molecule has 0 aliphatic rings. The molecule has 5 aromatic carbocycles. The first kappa shape index (κ1) is 22.2. The Labute approximate surface area is 235 Å². The fourth-order valence-corrected chi connectivity index (χ4v) is 6.34. The average molecular weight is 526 g/mol. The molecule has 0 amide bonds. The third-order valence-corrected chi connectivity index (χ3v) is 8.17. The lowest BCUT2D eigenvalue weighted by atomic mass is 10.1. The highest BCUT2D eigenvalue weighted by atomic mass is 16.4. The van der Waals surface area contributed by atoms with Crippen molar-refractivity contribution in [3.63, 3.8) is 0 Å². The van der Waals surface area contributed by atoms with Gasteiger partial charge in [0.25, 0.3) is 0 Å². The summed E-state index contributed by atoms with van der Waals surface area (Å²) in [6.07, 6.45) is 1.83. The second kappa shape index (κ2) is 8.44. The van der Waals surface area contributed by atoms with Crippen LogP contribution in [0, 0.1) is 0 Å². The molecule has 9 aromatic rings. The predicted molar refractivity (Wildman–Crippen MR) is 168 cm³/mol. The van der Waals surface area contributed by atoms with Gasteiger partial charge in [0.15, 0.2) is 0 Å². The first-order chi connectivity index (χ1) is 20.3. The average Bonchev–Trinajstić information content (AvgIpc) is 3.66. The van der Waals surface area contributed by atoms with Crippen LogP contribution in [0.4, 0.5) is 0 Å². The molecule has 0 saturated heterocycles. The summed E-state index contributed by atoms with van der Waals surface area (Å²) in [5.74, 6) is 0. The second-order valence-corrected chi connectivity index (χ2v) is 10.5. The van der Waals surface area contributed by atoms with Gasteiger partial charge in [-0.1, -0.05) is 78.9 Å². The van der Waals surface area contributed by atoms with E-state index in [1.54, 1.807) is 0 Å². The minimum atomic E-state index is 0.848. The molecule has 9 rings (SSSR count). The monoisotopic (exact) mass is 525 g/mol. The van der Waals surface area contributed by atoms with Crippen LogP contribution in [-0.2, 0) is 0 Å². The lowest BCUT2D eigenvalue weighted by Gasteiger charge is -2.09. The summed E-state index contributed by atoms with van der Waals surface area (Å²) in [6.45, 7) is 0. The standard InChI is InChI=1S/C37H23N3O/c1-2-12-27(13-3-1)39-32-16-7-6-14-29(32)34-35-30-22-25-10-4-5-11-26(25)23-33(30)40(37(35)41-36(34)39)28-19-17-24(18-20-28)31-15-8-9-21-38-31/h1-23H. The molecule has 0 unspecified atom stereocenters. The van der Waals surface area contributed by atoms with Crippen LogP contribution >= 0.6 is 0 Å². The molecule has 0 saturated carbocycles. The van der Waals surface area contributed by atoms with Crippen molar-refractivity contribution >= 4 is 54.8 Å². The molecule has 0 spiro atoms.